The summed E-state index contributed by atoms with van der Waals surface area (Å²) in [5, 5.41) is 5.07. The molecular formula is C22H24N6O6S2. The average molecular weight is 533 g/mol. The van der Waals surface area contributed by atoms with Gasteiger partial charge >= 0.3 is 0 Å². The van der Waals surface area contributed by atoms with Crippen molar-refractivity contribution < 1.29 is 26.4 Å². The van der Waals surface area contributed by atoms with Crippen LogP contribution in [0.15, 0.2) is 58.3 Å². The molecule has 0 atom stereocenters. The SMILES string of the molecule is CC(=O)Nc1ccc(S(=O)(=O)Nc2nc(C)c(C)nc2NS(=O)(=O)c2ccc(NC(C)=O)cc2)cc1. The molecule has 0 aliphatic carbocycles. The van der Waals surface area contributed by atoms with Crippen molar-refractivity contribution in [3.8, 4) is 0 Å². The van der Waals surface area contributed by atoms with Crippen molar-refractivity contribution in [3.05, 3.63) is 59.9 Å². The van der Waals surface area contributed by atoms with Crippen molar-refractivity contribution in [1.29, 1.82) is 0 Å². The van der Waals surface area contributed by atoms with E-state index in [1.165, 1.54) is 62.4 Å². The Labute approximate surface area is 208 Å². The molecule has 2 amide bonds. The van der Waals surface area contributed by atoms with E-state index in [4.69, 9.17) is 0 Å². The van der Waals surface area contributed by atoms with Gasteiger partial charge in [-0.3, -0.25) is 19.0 Å². The van der Waals surface area contributed by atoms with Crippen LogP contribution in [0.1, 0.15) is 25.2 Å². The summed E-state index contributed by atoms with van der Waals surface area (Å²) in [5.74, 6) is -1.25. The van der Waals surface area contributed by atoms with Gasteiger partial charge in [0.25, 0.3) is 20.0 Å². The van der Waals surface area contributed by atoms with Gasteiger partial charge < -0.3 is 10.6 Å². The van der Waals surface area contributed by atoms with Gasteiger partial charge in [-0.1, -0.05) is 0 Å². The lowest BCUT2D eigenvalue weighted by Crippen LogP contribution is -2.20. The average Bonchev–Trinajstić information content (AvgIpc) is 2.77. The number of anilines is 4. The third kappa shape index (κ3) is 6.55. The lowest BCUT2D eigenvalue weighted by molar-refractivity contribution is -0.115. The van der Waals surface area contributed by atoms with E-state index >= 15 is 0 Å². The van der Waals surface area contributed by atoms with Gasteiger partial charge in [-0.25, -0.2) is 26.8 Å². The number of nitrogens with zero attached hydrogens (tertiary/aromatic N) is 2. The largest absolute Gasteiger partial charge is 0.326 e. The van der Waals surface area contributed by atoms with Crippen LogP contribution in [0, 0.1) is 13.8 Å². The van der Waals surface area contributed by atoms with Crippen molar-refractivity contribution in [2.24, 2.45) is 0 Å². The van der Waals surface area contributed by atoms with Crippen LogP contribution in [0.3, 0.4) is 0 Å². The van der Waals surface area contributed by atoms with Gasteiger partial charge in [-0.15, -0.1) is 0 Å². The molecule has 0 spiro atoms. The van der Waals surface area contributed by atoms with Crippen molar-refractivity contribution in [2.75, 3.05) is 20.1 Å². The number of benzene rings is 2. The highest BCUT2D eigenvalue weighted by atomic mass is 32.2. The quantitative estimate of drug-likeness (QED) is 0.342. The normalized spacial score (nSPS) is 11.4. The molecule has 0 aliphatic heterocycles. The maximum atomic E-state index is 13.0. The van der Waals surface area contributed by atoms with Crippen LogP contribution >= 0.6 is 0 Å². The highest BCUT2D eigenvalue weighted by molar-refractivity contribution is 7.93. The van der Waals surface area contributed by atoms with Crippen LogP contribution in [0.5, 0.6) is 0 Å². The Bertz CT molecular complexity index is 1400. The highest BCUT2D eigenvalue weighted by Gasteiger charge is 2.23. The van der Waals surface area contributed by atoms with E-state index in [9.17, 15) is 26.4 Å². The van der Waals surface area contributed by atoms with E-state index in [1.54, 1.807) is 13.8 Å². The molecule has 0 saturated carbocycles. The number of carbonyl (C=O) groups excluding carboxylic acids is 2. The molecule has 0 fully saturated rings. The fourth-order valence-electron chi connectivity index (χ4n) is 2.96. The molecule has 3 aromatic rings. The van der Waals surface area contributed by atoms with E-state index in [1.807, 2.05) is 0 Å². The zero-order valence-corrected chi connectivity index (χ0v) is 21.4. The first kappa shape index (κ1) is 26.6. The van der Waals surface area contributed by atoms with E-state index < -0.39 is 20.0 Å². The molecular weight excluding hydrogens is 508 g/mol. The highest BCUT2D eigenvalue weighted by Crippen LogP contribution is 2.26. The Morgan fingerprint density at radius 2 is 0.917 bits per heavy atom. The maximum Gasteiger partial charge on any atom is 0.263 e. The third-order valence-electron chi connectivity index (χ3n) is 4.74. The summed E-state index contributed by atoms with van der Waals surface area (Å²) in [7, 11) is -8.38. The molecule has 12 nitrogen and oxygen atoms in total. The number of nitrogens with one attached hydrogen (secondary N) is 4. The third-order valence-corrected chi connectivity index (χ3v) is 7.45. The van der Waals surface area contributed by atoms with Crippen molar-refractivity contribution >= 4 is 54.9 Å². The van der Waals surface area contributed by atoms with Crippen LogP contribution in [0.2, 0.25) is 0 Å². The van der Waals surface area contributed by atoms with Gasteiger partial charge in [0.1, 0.15) is 0 Å². The van der Waals surface area contributed by atoms with Crippen LogP contribution in [-0.4, -0.2) is 38.6 Å². The zero-order chi connectivity index (χ0) is 26.7. The van der Waals surface area contributed by atoms with Crippen LogP contribution in [0.25, 0.3) is 0 Å². The predicted molar refractivity (Wildman–Crippen MR) is 135 cm³/mol. The Hall–Kier alpha value is -4.04. The van der Waals surface area contributed by atoms with Gasteiger partial charge in [0.2, 0.25) is 11.8 Å². The fraction of sp³-hybridized carbons (Fsp3) is 0.182. The number of hydrogen-bond donors (Lipinski definition) is 4. The molecule has 0 saturated heterocycles. The summed E-state index contributed by atoms with van der Waals surface area (Å²) >= 11 is 0. The number of rotatable bonds is 8. The molecule has 0 radical (unpaired) electrons. The summed E-state index contributed by atoms with van der Waals surface area (Å²) in [6, 6.07) is 10.8. The summed E-state index contributed by atoms with van der Waals surface area (Å²) in [4.78, 5) is 30.4. The molecule has 36 heavy (non-hydrogen) atoms. The van der Waals surface area contributed by atoms with E-state index in [2.05, 4.69) is 30.0 Å². The Morgan fingerprint density at radius 3 is 1.19 bits per heavy atom. The number of aromatic nitrogens is 2. The van der Waals surface area contributed by atoms with Gasteiger partial charge in [0.15, 0.2) is 11.6 Å². The Kier molecular flexibility index (Phi) is 7.59. The second-order valence-corrected chi connectivity index (χ2v) is 11.1. The van der Waals surface area contributed by atoms with Crippen LogP contribution < -0.4 is 20.1 Å². The number of aryl methyl sites for hydroxylation is 2. The molecule has 0 aliphatic rings. The molecule has 190 valence electrons. The van der Waals surface area contributed by atoms with Gasteiger partial charge in [-0.2, -0.15) is 0 Å². The van der Waals surface area contributed by atoms with Crippen molar-refractivity contribution in [2.45, 2.75) is 37.5 Å². The predicted octanol–water partition coefficient (Wildman–Crippen LogP) is 2.61. The standard InChI is InChI=1S/C22H24N6O6S2/c1-13-14(2)24-22(28-36(33,34)20-11-7-18(8-12-20)26-16(4)30)21(23-13)27-35(31,32)19-9-5-17(6-10-19)25-15(3)29/h5-12H,1-4H3,(H,23,27)(H,24,28)(H,25,29)(H,26,30). The second-order valence-electron chi connectivity index (χ2n) is 7.71. The lowest BCUT2D eigenvalue weighted by Gasteiger charge is -2.15. The van der Waals surface area contributed by atoms with Crippen LogP contribution in [0.4, 0.5) is 23.0 Å². The molecule has 3 rings (SSSR count). The molecule has 1 aromatic heterocycles. The summed E-state index contributed by atoms with van der Waals surface area (Å²) in [6.07, 6.45) is 0. The first-order valence-corrected chi connectivity index (χ1v) is 13.4. The van der Waals surface area contributed by atoms with E-state index in [-0.39, 0.29) is 33.2 Å². The van der Waals surface area contributed by atoms with E-state index in [0.29, 0.717) is 22.8 Å². The molecule has 1 heterocycles. The van der Waals surface area contributed by atoms with Gasteiger partial charge in [0, 0.05) is 25.2 Å². The van der Waals surface area contributed by atoms with Crippen molar-refractivity contribution in [1.82, 2.24) is 9.97 Å². The zero-order valence-electron chi connectivity index (χ0n) is 19.8. The monoisotopic (exact) mass is 532 g/mol. The number of hydrogen-bond acceptors (Lipinski definition) is 8. The fourth-order valence-corrected chi connectivity index (χ4v) is 4.98. The summed E-state index contributed by atoms with van der Waals surface area (Å²) < 4.78 is 56.4. The van der Waals surface area contributed by atoms with Gasteiger partial charge in [-0.05, 0) is 62.4 Å². The Morgan fingerprint density at radius 1 is 0.611 bits per heavy atom. The number of sulfonamides is 2. The minimum absolute atomic E-state index is 0.140. The van der Waals surface area contributed by atoms with Gasteiger partial charge in [0.05, 0.1) is 21.2 Å². The minimum Gasteiger partial charge on any atom is -0.326 e. The number of amides is 2. The lowest BCUT2D eigenvalue weighted by atomic mass is 10.3. The second kappa shape index (κ2) is 10.3. The Balaban J connectivity index is 1.92. The molecule has 14 heteroatoms. The topological polar surface area (TPSA) is 176 Å². The maximum absolute atomic E-state index is 13.0. The van der Waals surface area contributed by atoms with E-state index in [0.717, 1.165) is 0 Å². The summed E-state index contributed by atoms with van der Waals surface area (Å²) in [5.41, 5.74) is 1.59. The molecule has 4 N–H and O–H groups in total. The molecule has 0 bridgehead atoms. The first-order valence-electron chi connectivity index (χ1n) is 10.4. The summed E-state index contributed by atoms with van der Waals surface area (Å²) in [6.45, 7) is 5.85. The number of carbonyl (C=O) groups is 2. The molecule has 0 unspecified atom stereocenters. The minimum atomic E-state index is -4.19. The molecule has 2 aromatic carbocycles. The van der Waals surface area contributed by atoms with Crippen LogP contribution in [-0.2, 0) is 29.6 Å². The smallest absolute Gasteiger partial charge is 0.263 e. The first-order chi connectivity index (χ1) is 16.8. The van der Waals surface area contributed by atoms with Crippen molar-refractivity contribution in [3.63, 3.8) is 0 Å².